The van der Waals surface area contributed by atoms with E-state index in [-0.39, 0.29) is 24.7 Å². The molecule has 1 rings (SSSR count). The zero-order chi connectivity index (χ0) is 16.7. The maximum atomic E-state index is 11.9. The maximum Gasteiger partial charge on any atom is 0.307 e. The number of hydrogen-bond donors (Lipinski definition) is 2. The SMILES string of the molecule is COC(=O)CC(NC(=O)C(C)N)c1ccc(OC)cc1OC.Cl. The fourth-order valence-electron chi connectivity index (χ4n) is 1.90. The minimum absolute atomic E-state index is 0. The highest BCUT2D eigenvalue weighted by molar-refractivity contribution is 5.85. The minimum atomic E-state index is -0.690. The standard InChI is InChI=1S/C15H22N2O5.ClH/c1-9(16)15(19)17-12(8-14(18)22-4)11-6-5-10(20-2)7-13(11)21-3;/h5-7,9,12H,8,16H2,1-4H3,(H,17,19);1H. The molecule has 0 fully saturated rings. The van der Waals surface area contributed by atoms with Crippen molar-refractivity contribution < 1.29 is 23.8 Å². The Bertz CT molecular complexity index is 537. The number of benzene rings is 1. The van der Waals surface area contributed by atoms with Crippen molar-refractivity contribution in [1.82, 2.24) is 5.32 Å². The van der Waals surface area contributed by atoms with Gasteiger partial charge in [0.05, 0.1) is 39.8 Å². The molecule has 0 radical (unpaired) electrons. The van der Waals surface area contributed by atoms with Crippen molar-refractivity contribution in [3.8, 4) is 11.5 Å². The molecule has 7 nitrogen and oxygen atoms in total. The maximum absolute atomic E-state index is 11.9. The Morgan fingerprint density at radius 3 is 2.35 bits per heavy atom. The Kier molecular flexibility index (Phi) is 9.05. The predicted molar refractivity (Wildman–Crippen MR) is 88.0 cm³/mol. The first-order chi connectivity index (χ1) is 10.4. The molecule has 23 heavy (non-hydrogen) atoms. The van der Waals surface area contributed by atoms with Gasteiger partial charge in [0.1, 0.15) is 11.5 Å². The topological polar surface area (TPSA) is 99.9 Å². The van der Waals surface area contributed by atoms with Crippen molar-refractivity contribution in [3.63, 3.8) is 0 Å². The lowest BCUT2D eigenvalue weighted by molar-refractivity contribution is -0.141. The van der Waals surface area contributed by atoms with Gasteiger partial charge in [-0.3, -0.25) is 9.59 Å². The van der Waals surface area contributed by atoms with Crippen LogP contribution in [0, 0.1) is 0 Å². The van der Waals surface area contributed by atoms with E-state index in [1.54, 1.807) is 25.1 Å². The average Bonchev–Trinajstić information content (AvgIpc) is 2.52. The third-order valence-corrected chi connectivity index (χ3v) is 3.14. The van der Waals surface area contributed by atoms with Crippen LogP contribution in [0.5, 0.6) is 11.5 Å². The monoisotopic (exact) mass is 346 g/mol. The van der Waals surface area contributed by atoms with Gasteiger partial charge in [0, 0.05) is 11.6 Å². The number of ether oxygens (including phenoxy) is 3. The molecule has 0 heterocycles. The molecular formula is C15H23ClN2O5. The number of nitrogens with one attached hydrogen (secondary N) is 1. The first-order valence-electron chi connectivity index (χ1n) is 6.77. The molecule has 1 aromatic rings. The lowest BCUT2D eigenvalue weighted by atomic mass is 10.0. The average molecular weight is 347 g/mol. The molecule has 0 spiro atoms. The summed E-state index contributed by atoms with van der Waals surface area (Å²) in [4.78, 5) is 23.5. The van der Waals surface area contributed by atoms with Gasteiger partial charge < -0.3 is 25.3 Å². The number of carbonyl (C=O) groups excluding carboxylic acids is 2. The molecule has 0 aliphatic heterocycles. The largest absolute Gasteiger partial charge is 0.497 e. The molecule has 3 N–H and O–H groups in total. The van der Waals surface area contributed by atoms with Gasteiger partial charge in [-0.15, -0.1) is 12.4 Å². The summed E-state index contributed by atoms with van der Waals surface area (Å²) < 4.78 is 15.1. The van der Waals surface area contributed by atoms with Crippen molar-refractivity contribution in [2.75, 3.05) is 21.3 Å². The Hall–Kier alpha value is -1.99. The van der Waals surface area contributed by atoms with Gasteiger partial charge in [0.15, 0.2) is 0 Å². The lowest BCUT2D eigenvalue weighted by Crippen LogP contribution is -2.41. The van der Waals surface area contributed by atoms with E-state index in [0.29, 0.717) is 17.1 Å². The third-order valence-electron chi connectivity index (χ3n) is 3.14. The van der Waals surface area contributed by atoms with Crippen LogP contribution in [0.25, 0.3) is 0 Å². The minimum Gasteiger partial charge on any atom is -0.497 e. The Morgan fingerprint density at radius 2 is 1.87 bits per heavy atom. The van der Waals surface area contributed by atoms with Gasteiger partial charge in [-0.2, -0.15) is 0 Å². The van der Waals surface area contributed by atoms with E-state index in [4.69, 9.17) is 15.2 Å². The fourth-order valence-corrected chi connectivity index (χ4v) is 1.90. The van der Waals surface area contributed by atoms with Crippen LogP contribution < -0.4 is 20.5 Å². The van der Waals surface area contributed by atoms with Crippen LogP contribution in [0.1, 0.15) is 24.9 Å². The Morgan fingerprint density at radius 1 is 1.22 bits per heavy atom. The lowest BCUT2D eigenvalue weighted by Gasteiger charge is -2.22. The van der Waals surface area contributed by atoms with E-state index in [1.807, 2.05) is 0 Å². The second-order valence-corrected chi connectivity index (χ2v) is 4.74. The zero-order valence-electron chi connectivity index (χ0n) is 13.6. The van der Waals surface area contributed by atoms with E-state index in [1.165, 1.54) is 21.3 Å². The molecule has 0 aliphatic rings. The van der Waals surface area contributed by atoms with Crippen LogP contribution in [0.2, 0.25) is 0 Å². The number of carbonyl (C=O) groups is 2. The fraction of sp³-hybridized carbons (Fsp3) is 0.467. The summed E-state index contributed by atoms with van der Waals surface area (Å²) in [6.45, 7) is 1.57. The molecule has 0 aromatic heterocycles. The number of amides is 1. The molecule has 0 saturated heterocycles. The highest BCUT2D eigenvalue weighted by Crippen LogP contribution is 2.31. The molecule has 0 bridgehead atoms. The van der Waals surface area contributed by atoms with E-state index in [2.05, 4.69) is 10.1 Å². The molecule has 130 valence electrons. The number of esters is 1. The van der Waals surface area contributed by atoms with Crippen molar-refractivity contribution in [2.24, 2.45) is 5.73 Å². The van der Waals surface area contributed by atoms with Gasteiger partial charge in [-0.25, -0.2) is 0 Å². The number of rotatable bonds is 7. The third kappa shape index (κ3) is 5.96. The summed E-state index contributed by atoms with van der Waals surface area (Å²) in [5.41, 5.74) is 6.20. The normalized spacial score (nSPS) is 12.4. The molecule has 2 atom stereocenters. The van der Waals surface area contributed by atoms with Crippen LogP contribution in [0.4, 0.5) is 0 Å². The van der Waals surface area contributed by atoms with E-state index in [0.717, 1.165) is 0 Å². The van der Waals surface area contributed by atoms with Crippen LogP contribution in [-0.2, 0) is 14.3 Å². The van der Waals surface area contributed by atoms with Crippen molar-refractivity contribution in [1.29, 1.82) is 0 Å². The van der Waals surface area contributed by atoms with Crippen LogP contribution in [-0.4, -0.2) is 39.2 Å². The molecule has 2 unspecified atom stereocenters. The molecule has 0 saturated carbocycles. The highest BCUT2D eigenvalue weighted by atomic mass is 35.5. The van der Waals surface area contributed by atoms with Gasteiger partial charge in [0.25, 0.3) is 0 Å². The summed E-state index contributed by atoms with van der Waals surface area (Å²) in [6, 6.07) is 3.83. The quantitative estimate of drug-likeness (QED) is 0.719. The predicted octanol–water partition coefficient (Wildman–Crippen LogP) is 1.19. The van der Waals surface area contributed by atoms with E-state index in [9.17, 15) is 9.59 Å². The molecule has 1 amide bonds. The zero-order valence-corrected chi connectivity index (χ0v) is 14.4. The van der Waals surface area contributed by atoms with Crippen LogP contribution in [0.15, 0.2) is 18.2 Å². The van der Waals surface area contributed by atoms with Crippen molar-refractivity contribution in [3.05, 3.63) is 23.8 Å². The summed E-state index contributed by atoms with van der Waals surface area (Å²) in [5.74, 6) is 0.286. The number of hydrogen-bond acceptors (Lipinski definition) is 6. The van der Waals surface area contributed by atoms with E-state index >= 15 is 0 Å². The first kappa shape index (κ1) is 21.0. The van der Waals surface area contributed by atoms with Gasteiger partial charge >= 0.3 is 5.97 Å². The summed E-state index contributed by atoms with van der Waals surface area (Å²) in [5, 5.41) is 2.72. The second-order valence-electron chi connectivity index (χ2n) is 4.74. The molecule has 0 aliphatic carbocycles. The Balaban J connectivity index is 0.00000484. The van der Waals surface area contributed by atoms with E-state index < -0.39 is 18.1 Å². The first-order valence-corrected chi connectivity index (χ1v) is 6.77. The molecule has 8 heteroatoms. The number of methoxy groups -OCH3 is 3. The van der Waals surface area contributed by atoms with Gasteiger partial charge in [0.2, 0.25) is 5.91 Å². The summed E-state index contributed by atoms with van der Waals surface area (Å²) >= 11 is 0. The van der Waals surface area contributed by atoms with Crippen molar-refractivity contribution >= 4 is 24.3 Å². The Labute approximate surface area is 141 Å². The highest BCUT2D eigenvalue weighted by Gasteiger charge is 2.23. The van der Waals surface area contributed by atoms with Gasteiger partial charge in [-0.05, 0) is 19.1 Å². The molecular weight excluding hydrogens is 324 g/mol. The van der Waals surface area contributed by atoms with Crippen LogP contribution in [0.3, 0.4) is 0 Å². The molecule has 1 aromatic carbocycles. The van der Waals surface area contributed by atoms with Gasteiger partial charge in [-0.1, -0.05) is 0 Å². The van der Waals surface area contributed by atoms with Crippen molar-refractivity contribution in [2.45, 2.75) is 25.4 Å². The smallest absolute Gasteiger partial charge is 0.307 e. The summed E-state index contributed by atoms with van der Waals surface area (Å²) in [7, 11) is 4.33. The van der Waals surface area contributed by atoms with Crippen LogP contribution >= 0.6 is 12.4 Å². The number of halogens is 1. The number of nitrogens with two attached hydrogens (primary N) is 1. The second kappa shape index (κ2) is 9.91. The summed E-state index contributed by atoms with van der Waals surface area (Å²) in [6.07, 6.45) is -0.0301.